The van der Waals surface area contributed by atoms with Gasteiger partial charge in [0.2, 0.25) is 28.6 Å². The zero-order chi connectivity index (χ0) is 54.2. The molecular formula is C51H47FeNO23. The number of nitrogens with zero attached hydrogens (tertiary/aromatic N) is 1. The molecule has 5 heterocycles. The van der Waals surface area contributed by atoms with E-state index in [1.54, 1.807) is 0 Å². The van der Waals surface area contributed by atoms with Gasteiger partial charge in [-0.05, 0) is 55.5 Å². The van der Waals surface area contributed by atoms with Crippen molar-refractivity contribution in [3.63, 3.8) is 0 Å². The number of hydrogen-bond donors (Lipinski definition) is 15. The van der Waals surface area contributed by atoms with Gasteiger partial charge in [0.25, 0.3) is 0 Å². The molecule has 2 fully saturated rings. The number of phenolic OH excluding ortho intramolecular Hbond substituents is 8. The number of para-hydroxylation sites is 1. The largest absolute Gasteiger partial charge is 0.508 e. The van der Waals surface area contributed by atoms with Crippen LogP contribution in [0.1, 0.15) is 6.92 Å². The number of ether oxygens (including phenoxy) is 4. The summed E-state index contributed by atoms with van der Waals surface area (Å²) in [5.41, 5.74) is -1.18. The number of hydrogen-bond acceptors (Lipinski definition) is 24. The van der Waals surface area contributed by atoms with Crippen LogP contribution in [-0.4, -0.2) is 150 Å². The molecule has 3 aromatic heterocycles. The van der Waals surface area contributed by atoms with Gasteiger partial charge in [-0.25, -0.2) is 0 Å². The molecule has 2 aliphatic heterocycles. The Balaban J connectivity index is 0.000000209. The summed E-state index contributed by atoms with van der Waals surface area (Å²) in [7, 11) is 0. The third kappa shape index (κ3) is 11.3. The van der Waals surface area contributed by atoms with Gasteiger partial charge in [0.15, 0.2) is 40.8 Å². The van der Waals surface area contributed by atoms with Gasteiger partial charge in [0.05, 0.1) is 18.2 Å². The van der Waals surface area contributed by atoms with E-state index in [-0.39, 0.29) is 62.0 Å². The second kappa shape index (κ2) is 22.9. The molecule has 0 bridgehead atoms. The van der Waals surface area contributed by atoms with Crippen LogP contribution in [0.15, 0.2) is 122 Å². The fraction of sp³-hybridized carbons (Fsp3) is 0.235. The first kappa shape index (κ1) is 55.8. The zero-order valence-corrected chi connectivity index (χ0v) is 40.2. The number of aliphatic hydroxyl groups is 6. The number of pyridine rings is 1. The summed E-state index contributed by atoms with van der Waals surface area (Å²) < 4.78 is 33.2. The fourth-order valence-electron chi connectivity index (χ4n) is 7.99. The van der Waals surface area contributed by atoms with Crippen molar-refractivity contribution >= 4 is 32.8 Å². The SMILES string of the molecule is C[C@@H]1O[C@@H](OC[C@H]2O[C@@H](Oc3c(-c4ccc(O)c(O)c4)oc4cc(O)cc(O)c4c3=O)[C@H](O)[C@@H](O)[C@@H]2O)[C@H](O)[C@H](O)[C@H]1O.O=c1c(O)c(-c2ccc(O)c(O)c2)oc2cc(O)cc(O)c12.[Fe].c1ccc2ncccc2c1. The molecule has 2 saturated heterocycles. The van der Waals surface area contributed by atoms with Crippen LogP contribution in [0.25, 0.3) is 55.5 Å². The topological polar surface area (TPSA) is 414 Å². The molecule has 0 unspecified atom stereocenters. The van der Waals surface area contributed by atoms with Crippen molar-refractivity contribution in [2.45, 2.75) is 68.3 Å². The van der Waals surface area contributed by atoms with Crippen LogP contribution in [-0.2, 0) is 31.3 Å². The number of rotatable bonds is 7. The molecule has 0 aliphatic carbocycles. The summed E-state index contributed by atoms with van der Waals surface area (Å²) in [6.07, 6.45) is -14.3. The Bertz CT molecular complexity index is 3450. The van der Waals surface area contributed by atoms with Gasteiger partial charge in [-0.2, -0.15) is 0 Å². The van der Waals surface area contributed by atoms with Crippen molar-refractivity contribution in [3.05, 3.63) is 124 Å². The van der Waals surface area contributed by atoms with Crippen molar-refractivity contribution in [2.75, 3.05) is 6.61 Å². The van der Waals surface area contributed by atoms with Crippen LogP contribution in [0, 0.1) is 0 Å². The molecule has 0 radical (unpaired) electrons. The Morgan fingerprint density at radius 3 is 1.64 bits per heavy atom. The molecule has 0 amide bonds. The van der Waals surface area contributed by atoms with Gasteiger partial charge in [0, 0.05) is 64.0 Å². The number of aromatic nitrogens is 1. The van der Waals surface area contributed by atoms with Crippen LogP contribution in [0.4, 0.5) is 0 Å². The molecule has 2 aliphatic rings. The number of fused-ring (bicyclic) bond motifs is 3. The van der Waals surface area contributed by atoms with E-state index in [4.69, 9.17) is 27.8 Å². The first-order valence-corrected chi connectivity index (χ1v) is 22.4. The van der Waals surface area contributed by atoms with Gasteiger partial charge in [-0.15, -0.1) is 0 Å². The Morgan fingerprint density at radius 1 is 0.526 bits per heavy atom. The Labute approximate surface area is 436 Å². The van der Waals surface area contributed by atoms with Crippen molar-refractivity contribution in [1.29, 1.82) is 0 Å². The average Bonchev–Trinajstić information content (AvgIpc) is 3.39. The minimum absolute atomic E-state index is 0. The predicted molar refractivity (Wildman–Crippen MR) is 258 cm³/mol. The van der Waals surface area contributed by atoms with E-state index in [2.05, 4.69) is 17.1 Å². The van der Waals surface area contributed by atoms with E-state index < -0.39 is 136 Å². The minimum Gasteiger partial charge on any atom is -0.508 e. The second-order valence-electron chi connectivity index (χ2n) is 17.1. The number of benzene rings is 5. The normalized spacial score (nSPS) is 23.1. The maximum atomic E-state index is 13.6. The van der Waals surface area contributed by atoms with Crippen molar-refractivity contribution in [1.82, 2.24) is 4.98 Å². The molecule has 76 heavy (non-hydrogen) atoms. The summed E-state index contributed by atoms with van der Waals surface area (Å²) in [6, 6.07) is 23.0. The van der Waals surface area contributed by atoms with Crippen LogP contribution >= 0.6 is 0 Å². The van der Waals surface area contributed by atoms with Crippen molar-refractivity contribution < 1.29 is 121 Å². The molecule has 5 aromatic carbocycles. The average molecular weight is 1100 g/mol. The van der Waals surface area contributed by atoms with Gasteiger partial charge >= 0.3 is 0 Å². The maximum Gasteiger partial charge on any atom is 0.239 e. The minimum atomic E-state index is -1.97. The smallest absolute Gasteiger partial charge is 0.239 e. The van der Waals surface area contributed by atoms with E-state index in [0.29, 0.717) is 0 Å². The van der Waals surface area contributed by atoms with Crippen molar-refractivity contribution in [2.24, 2.45) is 0 Å². The monoisotopic (exact) mass is 1100 g/mol. The third-order valence-corrected chi connectivity index (χ3v) is 12.0. The van der Waals surface area contributed by atoms with Crippen LogP contribution in [0.5, 0.6) is 57.5 Å². The van der Waals surface area contributed by atoms with Gasteiger partial charge in [-0.3, -0.25) is 14.6 Å². The van der Waals surface area contributed by atoms with Crippen LogP contribution in [0.3, 0.4) is 0 Å². The summed E-state index contributed by atoms with van der Waals surface area (Å²) in [6.45, 7) is 0.818. The first-order valence-electron chi connectivity index (χ1n) is 22.4. The van der Waals surface area contributed by atoms with E-state index in [9.17, 15) is 86.2 Å². The summed E-state index contributed by atoms with van der Waals surface area (Å²) in [5.74, 6) is -6.05. The second-order valence-corrected chi connectivity index (χ2v) is 17.1. The van der Waals surface area contributed by atoms with Gasteiger partial charge in [-0.1, -0.05) is 24.3 Å². The Morgan fingerprint density at radius 2 is 1.05 bits per heavy atom. The van der Waals surface area contributed by atoms with Crippen LogP contribution in [0.2, 0.25) is 0 Å². The molecule has 15 N–H and O–H groups in total. The first-order chi connectivity index (χ1) is 35.6. The summed E-state index contributed by atoms with van der Waals surface area (Å²) >= 11 is 0. The molecule has 8 aromatic rings. The molecule has 402 valence electrons. The quantitative estimate of drug-likeness (QED) is 0.0805. The van der Waals surface area contributed by atoms with Gasteiger partial charge < -0.3 is 104 Å². The van der Waals surface area contributed by atoms with E-state index >= 15 is 0 Å². The standard InChI is InChI=1S/C27H30O16.C15H10O7.C9H7N.Fe/c1-8-17(32)20(35)22(37)26(40-8)39-7-15-18(33)21(36)23(38)27(42-15)43-25-19(34)16-13(31)5-10(28)6-14(16)41-24(25)9-2-3-11(29)12(30)4-9;16-7-4-10(19)12-11(5-7)22-15(14(21)13(12)20)6-1-2-8(17)9(18)3-6;1-2-6-9-8(4-1)5-3-7-10-9;/h2-6,8,15,17-18,20-23,26-33,35-38H,7H2,1H3;1-5,16-19,21H;1-7H;/t8-,15+,17-,18+,20+,21-,22+,23+,26+,27-;;;/m0.../s1. The third-order valence-electron chi connectivity index (χ3n) is 12.0. The van der Waals surface area contributed by atoms with Crippen LogP contribution < -0.4 is 15.6 Å². The Hall–Kier alpha value is -7.91. The molecule has 25 heteroatoms. The maximum absolute atomic E-state index is 13.6. The molecule has 24 nitrogen and oxygen atoms in total. The number of aliphatic hydroxyl groups excluding tert-OH is 6. The van der Waals surface area contributed by atoms with E-state index in [0.717, 1.165) is 54.0 Å². The number of phenols is 8. The summed E-state index contributed by atoms with van der Waals surface area (Å²) in [4.78, 5) is 29.9. The molecule has 10 rings (SSSR count). The summed E-state index contributed by atoms with van der Waals surface area (Å²) in [5, 5.41) is 150. The Kier molecular flexibility index (Phi) is 16.8. The van der Waals surface area contributed by atoms with E-state index in [1.807, 2.05) is 30.5 Å². The molecular weight excluding hydrogens is 1050 g/mol. The van der Waals surface area contributed by atoms with Gasteiger partial charge in [0.1, 0.15) is 87.7 Å². The molecule has 0 spiro atoms. The number of aromatic hydroxyl groups is 9. The van der Waals surface area contributed by atoms with E-state index in [1.165, 1.54) is 24.4 Å². The zero-order valence-electron chi connectivity index (χ0n) is 39.1. The molecule has 0 saturated carbocycles. The predicted octanol–water partition coefficient (Wildman–Crippen LogP) is 2.53. The van der Waals surface area contributed by atoms with Crippen molar-refractivity contribution in [3.8, 4) is 80.1 Å². The fourth-order valence-corrected chi connectivity index (χ4v) is 7.99. The molecule has 10 atom stereocenters.